The van der Waals surface area contributed by atoms with Crippen molar-refractivity contribution in [3.63, 3.8) is 0 Å². The highest BCUT2D eigenvalue weighted by atomic mass is 16.5. The van der Waals surface area contributed by atoms with Gasteiger partial charge >= 0.3 is 6.03 Å². The predicted molar refractivity (Wildman–Crippen MR) is 90.6 cm³/mol. The van der Waals surface area contributed by atoms with E-state index in [0.717, 1.165) is 27.9 Å². The molecule has 0 aliphatic carbocycles. The van der Waals surface area contributed by atoms with Crippen LogP contribution in [0, 0.1) is 0 Å². The molecule has 2 amide bonds. The number of hydrogen-bond acceptors (Lipinski definition) is 3. The van der Waals surface area contributed by atoms with Gasteiger partial charge in [0.1, 0.15) is 5.75 Å². The Morgan fingerprint density at radius 2 is 1.91 bits per heavy atom. The second-order valence-corrected chi connectivity index (χ2v) is 5.03. The smallest absolute Gasteiger partial charge is 0.319 e. The van der Waals surface area contributed by atoms with Gasteiger partial charge in [-0.3, -0.25) is 4.98 Å². The van der Waals surface area contributed by atoms with Crippen molar-refractivity contribution < 1.29 is 9.53 Å². The first-order valence-electron chi connectivity index (χ1n) is 7.28. The second kappa shape index (κ2) is 6.79. The number of methoxy groups -OCH3 is 1. The fourth-order valence-corrected chi connectivity index (χ4v) is 2.30. The number of amides is 2. The minimum absolute atomic E-state index is 0.253. The summed E-state index contributed by atoms with van der Waals surface area (Å²) in [4.78, 5) is 16.4. The molecule has 1 aromatic heterocycles. The molecular weight excluding hydrogens is 290 g/mol. The van der Waals surface area contributed by atoms with E-state index in [9.17, 15) is 4.79 Å². The van der Waals surface area contributed by atoms with Gasteiger partial charge < -0.3 is 15.4 Å². The quantitative estimate of drug-likeness (QED) is 0.774. The number of urea groups is 1. The first-order valence-corrected chi connectivity index (χ1v) is 7.28. The second-order valence-electron chi connectivity index (χ2n) is 5.03. The third kappa shape index (κ3) is 3.58. The summed E-state index contributed by atoms with van der Waals surface area (Å²) >= 11 is 0. The van der Waals surface area contributed by atoms with Gasteiger partial charge in [0.2, 0.25) is 0 Å². The number of nitrogens with one attached hydrogen (secondary N) is 2. The highest BCUT2D eigenvalue weighted by Gasteiger charge is 2.05. The topological polar surface area (TPSA) is 63.2 Å². The van der Waals surface area contributed by atoms with Gasteiger partial charge in [0.15, 0.2) is 0 Å². The van der Waals surface area contributed by atoms with Crippen molar-refractivity contribution in [1.29, 1.82) is 0 Å². The number of nitrogens with zero attached hydrogens (tertiary/aromatic N) is 1. The minimum Gasteiger partial charge on any atom is -0.497 e. The fourth-order valence-electron chi connectivity index (χ4n) is 2.30. The molecule has 5 nitrogen and oxygen atoms in total. The van der Waals surface area contributed by atoms with Crippen LogP contribution in [0.25, 0.3) is 10.9 Å². The zero-order valence-electron chi connectivity index (χ0n) is 12.7. The molecule has 23 heavy (non-hydrogen) atoms. The third-order valence-electron chi connectivity index (χ3n) is 3.51. The molecule has 0 aliphatic rings. The first-order chi connectivity index (χ1) is 11.3. The third-order valence-corrected chi connectivity index (χ3v) is 3.51. The highest BCUT2D eigenvalue weighted by Crippen LogP contribution is 2.21. The Bertz CT molecular complexity index is 811. The van der Waals surface area contributed by atoms with Gasteiger partial charge in [-0.25, -0.2) is 4.79 Å². The molecule has 0 atom stereocenters. The van der Waals surface area contributed by atoms with Crippen molar-refractivity contribution in [1.82, 2.24) is 10.3 Å². The van der Waals surface area contributed by atoms with E-state index in [0.29, 0.717) is 6.54 Å². The summed E-state index contributed by atoms with van der Waals surface area (Å²) in [6.07, 6.45) is 1.73. The van der Waals surface area contributed by atoms with Crippen LogP contribution in [-0.2, 0) is 6.54 Å². The molecule has 0 radical (unpaired) electrons. The van der Waals surface area contributed by atoms with Crippen LogP contribution >= 0.6 is 0 Å². The lowest BCUT2D eigenvalue weighted by atomic mass is 10.2. The molecule has 0 saturated heterocycles. The van der Waals surface area contributed by atoms with Crippen molar-refractivity contribution in [2.75, 3.05) is 12.4 Å². The van der Waals surface area contributed by atoms with Crippen LogP contribution in [0.4, 0.5) is 10.5 Å². The lowest BCUT2D eigenvalue weighted by molar-refractivity contribution is 0.252. The highest BCUT2D eigenvalue weighted by molar-refractivity contribution is 6.00. The maximum Gasteiger partial charge on any atom is 0.319 e. The van der Waals surface area contributed by atoms with Crippen LogP contribution in [0.15, 0.2) is 60.8 Å². The lowest BCUT2D eigenvalue weighted by Gasteiger charge is -2.10. The molecule has 0 unspecified atom stereocenters. The average molecular weight is 307 g/mol. The standard InChI is InChI=1S/C18H17N3O2/c1-23-14-9-7-13(8-10-14)12-20-18(22)21-17-6-2-5-16-15(17)4-3-11-19-16/h2-11H,12H2,1H3,(H2,20,21,22). The summed E-state index contributed by atoms with van der Waals surface area (Å²) in [5, 5.41) is 6.61. The normalized spacial score (nSPS) is 10.3. The van der Waals surface area contributed by atoms with Crippen LogP contribution in [-0.4, -0.2) is 18.1 Å². The molecule has 0 fully saturated rings. The molecule has 3 aromatic rings. The monoisotopic (exact) mass is 307 g/mol. The van der Waals surface area contributed by atoms with E-state index in [-0.39, 0.29) is 6.03 Å². The predicted octanol–water partition coefficient (Wildman–Crippen LogP) is 3.57. The van der Waals surface area contributed by atoms with Crippen LogP contribution < -0.4 is 15.4 Å². The summed E-state index contributed by atoms with van der Waals surface area (Å²) in [7, 11) is 1.62. The number of anilines is 1. The zero-order valence-corrected chi connectivity index (χ0v) is 12.7. The molecule has 0 spiro atoms. The number of rotatable bonds is 4. The van der Waals surface area contributed by atoms with Gasteiger partial charge in [0, 0.05) is 18.1 Å². The summed E-state index contributed by atoms with van der Waals surface area (Å²) in [6.45, 7) is 0.443. The van der Waals surface area contributed by atoms with Gasteiger partial charge in [-0.1, -0.05) is 18.2 Å². The van der Waals surface area contributed by atoms with E-state index in [1.54, 1.807) is 13.3 Å². The number of benzene rings is 2. The number of pyridine rings is 1. The van der Waals surface area contributed by atoms with E-state index < -0.39 is 0 Å². The average Bonchev–Trinajstić information content (AvgIpc) is 2.61. The lowest BCUT2D eigenvalue weighted by Crippen LogP contribution is -2.28. The van der Waals surface area contributed by atoms with Crippen molar-refractivity contribution in [3.8, 4) is 5.75 Å². The van der Waals surface area contributed by atoms with Crippen molar-refractivity contribution >= 4 is 22.6 Å². The van der Waals surface area contributed by atoms with Gasteiger partial charge in [0.05, 0.1) is 18.3 Å². The minimum atomic E-state index is -0.253. The van der Waals surface area contributed by atoms with E-state index in [1.165, 1.54) is 0 Å². The number of aromatic nitrogens is 1. The maximum atomic E-state index is 12.1. The fraction of sp³-hybridized carbons (Fsp3) is 0.111. The molecule has 0 aliphatic heterocycles. The molecule has 1 heterocycles. The number of carbonyl (C=O) groups is 1. The molecule has 2 N–H and O–H groups in total. The van der Waals surface area contributed by atoms with E-state index in [1.807, 2.05) is 54.6 Å². The number of fused-ring (bicyclic) bond motifs is 1. The van der Waals surface area contributed by atoms with E-state index in [4.69, 9.17) is 4.74 Å². The first kappa shape index (κ1) is 14.8. The zero-order chi connectivity index (χ0) is 16.1. The van der Waals surface area contributed by atoms with Crippen LogP contribution in [0.3, 0.4) is 0 Å². The Kier molecular flexibility index (Phi) is 4.38. The summed E-state index contributed by atoms with van der Waals surface area (Å²) in [6, 6.07) is 16.7. The number of carbonyl (C=O) groups excluding carboxylic acids is 1. The molecule has 116 valence electrons. The molecule has 2 aromatic carbocycles. The van der Waals surface area contributed by atoms with E-state index in [2.05, 4.69) is 15.6 Å². The maximum absolute atomic E-state index is 12.1. The van der Waals surface area contributed by atoms with Gasteiger partial charge in [-0.05, 0) is 42.0 Å². The Balaban J connectivity index is 1.64. The SMILES string of the molecule is COc1ccc(CNC(=O)Nc2cccc3ncccc23)cc1. The van der Waals surface area contributed by atoms with Crippen LogP contribution in [0.1, 0.15) is 5.56 Å². The Morgan fingerprint density at radius 1 is 1.09 bits per heavy atom. The molecule has 5 heteroatoms. The summed E-state index contributed by atoms with van der Waals surface area (Å²) in [5.74, 6) is 0.793. The summed E-state index contributed by atoms with van der Waals surface area (Å²) in [5.41, 5.74) is 2.59. The molecule has 0 saturated carbocycles. The Hall–Kier alpha value is -3.08. The summed E-state index contributed by atoms with van der Waals surface area (Å²) < 4.78 is 5.11. The Morgan fingerprint density at radius 3 is 2.70 bits per heavy atom. The molecular formula is C18H17N3O2. The van der Waals surface area contributed by atoms with Gasteiger partial charge in [0.25, 0.3) is 0 Å². The number of hydrogen-bond donors (Lipinski definition) is 2. The van der Waals surface area contributed by atoms with Crippen LogP contribution in [0.5, 0.6) is 5.75 Å². The van der Waals surface area contributed by atoms with Crippen LogP contribution in [0.2, 0.25) is 0 Å². The van der Waals surface area contributed by atoms with E-state index >= 15 is 0 Å². The Labute approximate surface area is 134 Å². The van der Waals surface area contributed by atoms with Crippen molar-refractivity contribution in [2.24, 2.45) is 0 Å². The largest absolute Gasteiger partial charge is 0.497 e. The van der Waals surface area contributed by atoms with Crippen molar-refractivity contribution in [3.05, 3.63) is 66.4 Å². The molecule has 0 bridgehead atoms. The molecule has 3 rings (SSSR count). The number of ether oxygens (including phenoxy) is 1. The van der Waals surface area contributed by atoms with Gasteiger partial charge in [-0.15, -0.1) is 0 Å². The van der Waals surface area contributed by atoms with Crippen molar-refractivity contribution in [2.45, 2.75) is 6.54 Å². The van der Waals surface area contributed by atoms with Gasteiger partial charge in [-0.2, -0.15) is 0 Å².